The van der Waals surface area contributed by atoms with Crippen LogP contribution in [0.15, 0.2) is 35.2 Å². The predicted molar refractivity (Wildman–Crippen MR) is 120 cm³/mol. The Morgan fingerprint density at radius 3 is 2.48 bits per heavy atom. The molecule has 1 aliphatic carbocycles. The number of ether oxygens (including phenoxy) is 1. The Balaban J connectivity index is 1.72. The van der Waals surface area contributed by atoms with Crippen molar-refractivity contribution in [3.05, 3.63) is 36.0 Å². The van der Waals surface area contributed by atoms with Crippen molar-refractivity contribution in [2.24, 2.45) is 0 Å². The van der Waals surface area contributed by atoms with Crippen LogP contribution >= 0.6 is 0 Å². The maximum absolute atomic E-state index is 13.8. The molecule has 4 rings (SSSR count). The average Bonchev–Trinajstić information content (AvgIpc) is 2.79. The maximum Gasteiger partial charge on any atom is 0.334 e. The monoisotopic (exact) mass is 445 g/mol. The highest BCUT2D eigenvalue weighted by molar-refractivity contribution is 7.89. The van der Waals surface area contributed by atoms with Gasteiger partial charge in [0.25, 0.3) is 10.0 Å². The van der Waals surface area contributed by atoms with Gasteiger partial charge in [0.2, 0.25) is 0 Å². The van der Waals surface area contributed by atoms with Crippen LogP contribution in [0.3, 0.4) is 0 Å². The summed E-state index contributed by atoms with van der Waals surface area (Å²) in [5, 5.41) is 0.757. The van der Waals surface area contributed by atoms with Crippen molar-refractivity contribution in [3.63, 3.8) is 0 Å². The minimum atomic E-state index is -3.99. The second kappa shape index (κ2) is 9.12. The van der Waals surface area contributed by atoms with E-state index >= 15 is 0 Å². The molecule has 1 aliphatic heterocycles. The Labute approximate surface area is 184 Å². The molecule has 31 heavy (non-hydrogen) atoms. The van der Waals surface area contributed by atoms with E-state index in [2.05, 4.69) is 18.8 Å². The normalized spacial score (nSPS) is 18.5. The topological polar surface area (TPSA) is 79.8 Å². The van der Waals surface area contributed by atoms with Gasteiger partial charge in [-0.05, 0) is 43.0 Å². The first-order chi connectivity index (χ1) is 14.9. The van der Waals surface area contributed by atoms with Gasteiger partial charge >= 0.3 is 6.03 Å². The first-order valence-electron chi connectivity index (χ1n) is 11.2. The summed E-state index contributed by atoms with van der Waals surface area (Å²) in [4.78, 5) is 19.8. The van der Waals surface area contributed by atoms with Gasteiger partial charge in [-0.3, -0.25) is 4.98 Å². The number of aromatic nitrogens is 1. The Hall–Kier alpha value is -2.19. The summed E-state index contributed by atoms with van der Waals surface area (Å²) in [6, 6.07) is 8.08. The fourth-order valence-electron chi connectivity index (χ4n) is 4.38. The van der Waals surface area contributed by atoms with E-state index in [-0.39, 0.29) is 10.9 Å². The number of sulfonamides is 1. The number of rotatable bonds is 4. The van der Waals surface area contributed by atoms with Gasteiger partial charge < -0.3 is 9.64 Å². The SMILES string of the molecule is CC(C)c1ccc2cc(S(=O)(=O)N(C(=O)N3CCOCC3)C3CCCCC3)ccc2n1. The molecular weight excluding hydrogens is 414 g/mol. The van der Waals surface area contributed by atoms with Gasteiger partial charge in [-0.15, -0.1) is 0 Å². The summed E-state index contributed by atoms with van der Waals surface area (Å²) < 4.78 is 34.0. The highest BCUT2D eigenvalue weighted by atomic mass is 32.2. The highest BCUT2D eigenvalue weighted by Gasteiger charge is 2.39. The lowest BCUT2D eigenvalue weighted by Gasteiger charge is -2.38. The van der Waals surface area contributed by atoms with Crippen molar-refractivity contribution >= 4 is 27.0 Å². The first-order valence-corrected chi connectivity index (χ1v) is 12.6. The van der Waals surface area contributed by atoms with Gasteiger partial charge in [0.15, 0.2) is 0 Å². The Kier molecular flexibility index (Phi) is 6.48. The molecule has 2 heterocycles. The van der Waals surface area contributed by atoms with E-state index in [0.29, 0.717) is 45.1 Å². The van der Waals surface area contributed by atoms with Crippen LogP contribution < -0.4 is 0 Å². The van der Waals surface area contributed by atoms with Crippen molar-refractivity contribution in [3.8, 4) is 0 Å². The van der Waals surface area contributed by atoms with E-state index in [1.54, 1.807) is 23.1 Å². The quantitative estimate of drug-likeness (QED) is 0.707. The lowest BCUT2D eigenvalue weighted by atomic mass is 9.95. The highest BCUT2D eigenvalue weighted by Crippen LogP contribution is 2.30. The lowest BCUT2D eigenvalue weighted by molar-refractivity contribution is 0.0457. The van der Waals surface area contributed by atoms with Gasteiger partial charge in [0.1, 0.15) is 0 Å². The third kappa shape index (κ3) is 4.55. The number of carbonyl (C=O) groups excluding carboxylic acids is 1. The number of pyridine rings is 1. The minimum Gasteiger partial charge on any atom is -0.378 e. The fourth-order valence-corrected chi connectivity index (χ4v) is 6.05. The number of hydrogen-bond acceptors (Lipinski definition) is 5. The summed E-state index contributed by atoms with van der Waals surface area (Å²) >= 11 is 0. The van der Waals surface area contributed by atoms with Crippen LogP contribution in [-0.2, 0) is 14.8 Å². The molecule has 1 aromatic heterocycles. The van der Waals surface area contributed by atoms with E-state index in [1.165, 1.54) is 0 Å². The average molecular weight is 446 g/mol. The largest absolute Gasteiger partial charge is 0.378 e. The summed E-state index contributed by atoms with van der Waals surface area (Å²) in [6.45, 7) is 5.85. The molecule has 0 spiro atoms. The van der Waals surface area contributed by atoms with Crippen molar-refractivity contribution in [2.45, 2.75) is 62.8 Å². The second-order valence-electron chi connectivity index (χ2n) is 8.72. The minimum absolute atomic E-state index is 0.145. The van der Waals surface area contributed by atoms with Crippen LogP contribution in [0.5, 0.6) is 0 Å². The summed E-state index contributed by atoms with van der Waals surface area (Å²) in [5.41, 5.74) is 1.73. The molecule has 1 aromatic carbocycles. The molecule has 0 atom stereocenters. The molecule has 0 unspecified atom stereocenters. The van der Waals surface area contributed by atoms with Crippen molar-refractivity contribution in [1.82, 2.24) is 14.2 Å². The van der Waals surface area contributed by atoms with Crippen LogP contribution in [-0.4, -0.2) is 61.0 Å². The summed E-state index contributed by atoms with van der Waals surface area (Å²) in [7, 11) is -3.99. The molecule has 2 aliphatic rings. The zero-order valence-electron chi connectivity index (χ0n) is 18.3. The summed E-state index contributed by atoms with van der Waals surface area (Å²) in [6.07, 6.45) is 4.37. The molecule has 7 nitrogen and oxygen atoms in total. The molecule has 2 aromatic rings. The smallest absolute Gasteiger partial charge is 0.334 e. The Bertz CT molecular complexity index is 1040. The molecule has 0 radical (unpaired) electrons. The van der Waals surface area contributed by atoms with Crippen LogP contribution in [0.4, 0.5) is 4.79 Å². The molecule has 2 amide bonds. The van der Waals surface area contributed by atoms with E-state index in [4.69, 9.17) is 4.74 Å². The molecule has 8 heteroatoms. The number of urea groups is 1. The Morgan fingerprint density at radius 2 is 1.81 bits per heavy atom. The zero-order chi connectivity index (χ0) is 22.0. The molecule has 1 saturated carbocycles. The van der Waals surface area contributed by atoms with E-state index < -0.39 is 16.1 Å². The molecule has 168 valence electrons. The van der Waals surface area contributed by atoms with Crippen LogP contribution in [0.25, 0.3) is 10.9 Å². The van der Waals surface area contributed by atoms with E-state index in [0.717, 1.165) is 40.2 Å². The van der Waals surface area contributed by atoms with Crippen LogP contribution in [0.2, 0.25) is 0 Å². The zero-order valence-corrected chi connectivity index (χ0v) is 19.1. The van der Waals surface area contributed by atoms with Gasteiger partial charge in [0, 0.05) is 24.2 Å². The number of nitrogens with zero attached hydrogens (tertiary/aromatic N) is 3. The number of carbonyl (C=O) groups is 1. The van der Waals surface area contributed by atoms with Gasteiger partial charge in [-0.2, -0.15) is 0 Å². The van der Waals surface area contributed by atoms with Crippen molar-refractivity contribution < 1.29 is 17.9 Å². The maximum atomic E-state index is 13.8. The van der Waals surface area contributed by atoms with Crippen LogP contribution in [0, 0.1) is 0 Å². The Morgan fingerprint density at radius 1 is 1.10 bits per heavy atom. The standard InChI is InChI=1S/C23H31N3O4S/c1-17(2)21-10-8-18-16-20(9-11-22(18)24-21)31(28,29)26(19-6-4-3-5-7-19)23(27)25-12-14-30-15-13-25/h8-11,16-17,19H,3-7,12-15H2,1-2H3. The third-order valence-corrected chi connectivity index (χ3v) is 8.03. The number of amides is 2. The molecule has 2 fully saturated rings. The number of morpholine rings is 1. The second-order valence-corrected chi connectivity index (χ2v) is 10.5. The molecule has 1 saturated heterocycles. The first kappa shape index (κ1) is 22.0. The molecule has 0 bridgehead atoms. The number of fused-ring (bicyclic) bond motifs is 1. The third-order valence-electron chi connectivity index (χ3n) is 6.21. The van der Waals surface area contributed by atoms with Crippen molar-refractivity contribution in [2.75, 3.05) is 26.3 Å². The molecular formula is C23H31N3O4S. The van der Waals surface area contributed by atoms with E-state index in [9.17, 15) is 13.2 Å². The van der Waals surface area contributed by atoms with Crippen LogP contribution in [0.1, 0.15) is 57.6 Å². The number of benzene rings is 1. The van der Waals surface area contributed by atoms with E-state index in [1.807, 2.05) is 12.1 Å². The van der Waals surface area contributed by atoms with Gasteiger partial charge in [0.05, 0.1) is 29.7 Å². The summed E-state index contributed by atoms with van der Waals surface area (Å²) in [5.74, 6) is 0.292. The lowest BCUT2D eigenvalue weighted by Crippen LogP contribution is -2.54. The van der Waals surface area contributed by atoms with Gasteiger partial charge in [-0.1, -0.05) is 39.2 Å². The van der Waals surface area contributed by atoms with Gasteiger partial charge in [-0.25, -0.2) is 17.5 Å². The van der Waals surface area contributed by atoms with Crippen molar-refractivity contribution in [1.29, 1.82) is 0 Å². The molecule has 0 N–H and O–H groups in total. The predicted octanol–water partition coefficient (Wildman–Crippen LogP) is 4.13. The number of hydrogen-bond donors (Lipinski definition) is 0. The fraction of sp³-hybridized carbons (Fsp3) is 0.565.